The molecule has 7 nitrogen and oxygen atoms in total. The van der Waals surface area contributed by atoms with Gasteiger partial charge < -0.3 is 15.5 Å². The van der Waals surface area contributed by atoms with Crippen LogP contribution in [0.5, 0.6) is 0 Å². The number of carbonyl (C=O) groups is 1. The predicted molar refractivity (Wildman–Crippen MR) is 129 cm³/mol. The van der Waals surface area contributed by atoms with Gasteiger partial charge in [0.1, 0.15) is 0 Å². The first-order valence-corrected chi connectivity index (χ1v) is 11.6. The average Bonchev–Trinajstić information content (AvgIpc) is 2.80. The van der Waals surface area contributed by atoms with Crippen molar-refractivity contribution < 1.29 is 9.18 Å². The molecule has 0 spiro atoms. The maximum Gasteiger partial charge on any atom is 0.246 e. The Balaban J connectivity index is 1.44. The van der Waals surface area contributed by atoms with Crippen LogP contribution in [0.1, 0.15) is 44.7 Å². The highest BCUT2D eigenvalue weighted by atomic mass is 19.1. The largest absolute Gasteiger partial charge is 0.363 e. The van der Waals surface area contributed by atoms with Gasteiger partial charge in [-0.15, -0.1) is 0 Å². The van der Waals surface area contributed by atoms with E-state index in [0.717, 1.165) is 38.0 Å². The average molecular weight is 453 g/mol. The van der Waals surface area contributed by atoms with Gasteiger partial charge in [-0.3, -0.25) is 9.69 Å². The van der Waals surface area contributed by atoms with Gasteiger partial charge in [-0.25, -0.2) is 9.37 Å². The molecule has 2 N–H and O–H groups in total. The van der Waals surface area contributed by atoms with Gasteiger partial charge in [-0.05, 0) is 69.4 Å². The quantitative estimate of drug-likeness (QED) is 0.666. The summed E-state index contributed by atoms with van der Waals surface area (Å²) >= 11 is 0. The van der Waals surface area contributed by atoms with Crippen molar-refractivity contribution >= 4 is 23.4 Å². The number of nitrogens with one attached hydrogen (secondary N) is 2. The van der Waals surface area contributed by atoms with E-state index in [9.17, 15) is 9.18 Å². The van der Waals surface area contributed by atoms with Crippen LogP contribution in [0.25, 0.3) is 0 Å². The summed E-state index contributed by atoms with van der Waals surface area (Å²) < 4.78 is 14.4. The second kappa shape index (κ2) is 9.47. The van der Waals surface area contributed by atoms with Crippen molar-refractivity contribution in [1.29, 1.82) is 0 Å². The zero-order chi connectivity index (χ0) is 23.6. The first-order valence-electron chi connectivity index (χ1n) is 11.6. The van der Waals surface area contributed by atoms with Gasteiger partial charge in [0.25, 0.3) is 0 Å². The molecule has 0 bridgehead atoms. The van der Waals surface area contributed by atoms with Crippen LogP contribution in [0, 0.1) is 5.82 Å². The zero-order valence-electron chi connectivity index (χ0n) is 19.7. The zero-order valence-corrected chi connectivity index (χ0v) is 19.7. The van der Waals surface area contributed by atoms with Crippen LogP contribution in [0.4, 0.5) is 21.8 Å². The van der Waals surface area contributed by atoms with Crippen molar-refractivity contribution in [2.24, 2.45) is 0 Å². The minimum atomic E-state index is -0.513. The van der Waals surface area contributed by atoms with Crippen molar-refractivity contribution in [1.82, 2.24) is 19.8 Å². The molecule has 1 amide bonds. The van der Waals surface area contributed by atoms with Gasteiger partial charge >= 0.3 is 0 Å². The summed E-state index contributed by atoms with van der Waals surface area (Å²) in [6, 6.07) is 6.22. The van der Waals surface area contributed by atoms with Crippen molar-refractivity contribution in [3.63, 3.8) is 0 Å². The molecule has 1 atom stereocenters. The van der Waals surface area contributed by atoms with E-state index in [0.29, 0.717) is 19.0 Å². The van der Waals surface area contributed by atoms with E-state index in [1.807, 2.05) is 6.07 Å². The fourth-order valence-corrected chi connectivity index (χ4v) is 4.48. The van der Waals surface area contributed by atoms with Crippen LogP contribution in [-0.4, -0.2) is 56.9 Å². The Bertz CT molecular complexity index is 1030. The molecule has 2 aromatic rings. The minimum Gasteiger partial charge on any atom is -0.363 e. The third kappa shape index (κ3) is 5.50. The van der Waals surface area contributed by atoms with Crippen LogP contribution in [0.15, 0.2) is 37.1 Å². The molecular weight excluding hydrogens is 419 g/mol. The molecule has 2 aliphatic heterocycles. The molecule has 1 unspecified atom stereocenters. The summed E-state index contributed by atoms with van der Waals surface area (Å²) in [6.45, 7) is 13.4. The molecule has 4 rings (SSSR count). The Hall–Kier alpha value is -3.00. The van der Waals surface area contributed by atoms with Crippen LogP contribution in [0.3, 0.4) is 0 Å². The maximum atomic E-state index is 14.4. The summed E-state index contributed by atoms with van der Waals surface area (Å²) in [4.78, 5) is 24.6. The Kier molecular flexibility index (Phi) is 6.65. The molecule has 0 saturated carbocycles. The monoisotopic (exact) mass is 452 g/mol. The standard InChI is InChI=1S/C25H33FN6O/c1-5-22(33)31-11-6-7-20(16-31)28-23-21(26)14-27-24(30-23)29-19-9-8-18-15-32(25(2,3)4)12-10-17(18)13-19/h5,8-9,13-14,20H,1,6-7,10-12,15-16H2,2-4H3,(H2,27,28,29,30). The lowest BCUT2D eigenvalue weighted by molar-refractivity contribution is -0.127. The first kappa shape index (κ1) is 23.2. The lowest BCUT2D eigenvalue weighted by Crippen LogP contribution is -2.44. The number of carbonyl (C=O) groups excluding carboxylic acids is 1. The lowest BCUT2D eigenvalue weighted by Gasteiger charge is -2.39. The van der Waals surface area contributed by atoms with Crippen molar-refractivity contribution in [3.8, 4) is 0 Å². The SMILES string of the molecule is C=CC(=O)N1CCCC(Nc2nc(Nc3ccc4c(c3)CCN(C(C)(C)C)C4)ncc2F)C1. The summed E-state index contributed by atoms with van der Waals surface area (Å²) in [6.07, 6.45) is 5.16. The highest BCUT2D eigenvalue weighted by Crippen LogP contribution is 2.28. The normalized spacial score (nSPS) is 19.0. The number of nitrogens with zero attached hydrogens (tertiary/aromatic N) is 4. The van der Waals surface area contributed by atoms with Gasteiger partial charge in [0.15, 0.2) is 11.6 Å². The van der Waals surface area contributed by atoms with E-state index < -0.39 is 5.82 Å². The van der Waals surface area contributed by atoms with Crippen LogP contribution in [0.2, 0.25) is 0 Å². The highest BCUT2D eigenvalue weighted by Gasteiger charge is 2.26. The van der Waals surface area contributed by atoms with E-state index in [2.05, 4.69) is 65.0 Å². The fraction of sp³-hybridized carbons (Fsp3) is 0.480. The van der Waals surface area contributed by atoms with Gasteiger partial charge in [-0.1, -0.05) is 12.6 Å². The Labute approximate surface area is 195 Å². The van der Waals surface area contributed by atoms with Gasteiger partial charge in [0.2, 0.25) is 11.9 Å². The number of halogens is 1. The number of hydrogen-bond donors (Lipinski definition) is 2. The summed E-state index contributed by atoms with van der Waals surface area (Å²) in [5.74, 6) is -0.143. The molecule has 1 aromatic heterocycles. The number of piperidine rings is 1. The second-order valence-electron chi connectivity index (χ2n) is 9.81. The molecule has 3 heterocycles. The minimum absolute atomic E-state index is 0.0746. The van der Waals surface area contributed by atoms with E-state index >= 15 is 0 Å². The molecule has 0 aliphatic carbocycles. The van der Waals surface area contributed by atoms with Crippen LogP contribution < -0.4 is 10.6 Å². The van der Waals surface area contributed by atoms with Gasteiger partial charge in [0.05, 0.1) is 6.20 Å². The number of amides is 1. The summed E-state index contributed by atoms with van der Waals surface area (Å²) in [5.41, 5.74) is 3.68. The van der Waals surface area contributed by atoms with Gasteiger partial charge in [-0.2, -0.15) is 4.98 Å². The van der Waals surface area contributed by atoms with Gasteiger partial charge in [0, 0.05) is 43.4 Å². The number of aromatic nitrogens is 2. The molecule has 8 heteroatoms. The first-order chi connectivity index (χ1) is 15.7. The Morgan fingerprint density at radius 3 is 2.85 bits per heavy atom. The number of hydrogen-bond acceptors (Lipinski definition) is 6. The highest BCUT2D eigenvalue weighted by molar-refractivity contribution is 5.87. The van der Waals surface area contributed by atoms with Crippen molar-refractivity contribution in [2.75, 3.05) is 30.3 Å². The molecule has 0 radical (unpaired) electrons. The summed E-state index contributed by atoms with van der Waals surface area (Å²) in [7, 11) is 0. The molecular formula is C25H33FN6O. The number of fused-ring (bicyclic) bond motifs is 1. The molecule has 1 fully saturated rings. The number of rotatable bonds is 5. The Morgan fingerprint density at radius 2 is 2.09 bits per heavy atom. The lowest BCUT2D eigenvalue weighted by atomic mass is 9.95. The molecule has 1 aromatic carbocycles. The number of benzene rings is 1. The molecule has 33 heavy (non-hydrogen) atoms. The van der Waals surface area contributed by atoms with Crippen molar-refractivity contribution in [2.45, 2.75) is 58.2 Å². The number of likely N-dealkylation sites (tertiary alicyclic amines) is 1. The third-order valence-corrected chi connectivity index (χ3v) is 6.42. The molecule has 1 saturated heterocycles. The second-order valence-corrected chi connectivity index (χ2v) is 9.81. The van der Waals surface area contributed by atoms with E-state index in [-0.39, 0.29) is 23.3 Å². The summed E-state index contributed by atoms with van der Waals surface area (Å²) in [5, 5.41) is 6.37. The van der Waals surface area contributed by atoms with Crippen LogP contribution >= 0.6 is 0 Å². The smallest absolute Gasteiger partial charge is 0.246 e. The number of anilines is 3. The molecule has 176 valence electrons. The Morgan fingerprint density at radius 1 is 1.27 bits per heavy atom. The predicted octanol–water partition coefficient (Wildman–Crippen LogP) is 4.10. The van der Waals surface area contributed by atoms with Crippen molar-refractivity contribution in [3.05, 3.63) is 54.0 Å². The van der Waals surface area contributed by atoms with E-state index in [4.69, 9.17) is 0 Å². The van der Waals surface area contributed by atoms with E-state index in [1.54, 1.807) is 4.90 Å². The van der Waals surface area contributed by atoms with Crippen LogP contribution in [-0.2, 0) is 17.8 Å². The molecule has 2 aliphatic rings. The van der Waals surface area contributed by atoms with E-state index in [1.165, 1.54) is 23.4 Å². The third-order valence-electron chi connectivity index (χ3n) is 6.42. The fourth-order valence-electron chi connectivity index (χ4n) is 4.48. The topological polar surface area (TPSA) is 73.4 Å². The maximum absolute atomic E-state index is 14.4.